The molecule has 1 aliphatic heterocycles. The summed E-state index contributed by atoms with van der Waals surface area (Å²) < 4.78 is 0. The van der Waals surface area contributed by atoms with Crippen LogP contribution < -0.4 is 5.32 Å². The van der Waals surface area contributed by atoms with Gasteiger partial charge in [-0.3, -0.25) is 14.6 Å². The molecular formula is C14H21ClN2O4. The van der Waals surface area contributed by atoms with E-state index in [-0.39, 0.29) is 18.8 Å². The lowest BCUT2D eigenvalue weighted by molar-refractivity contribution is -0.138. The van der Waals surface area contributed by atoms with Crippen molar-refractivity contribution in [3.8, 4) is 0 Å². The third kappa shape index (κ3) is 9.81. The molecule has 1 saturated heterocycles. The van der Waals surface area contributed by atoms with Gasteiger partial charge in [-0.05, 0) is 49.5 Å². The number of piperidine rings is 1. The van der Waals surface area contributed by atoms with Crippen molar-refractivity contribution in [3.63, 3.8) is 0 Å². The third-order valence-corrected chi connectivity index (χ3v) is 3.03. The zero-order chi connectivity index (χ0) is 14.8. The lowest BCUT2D eigenvalue weighted by atomic mass is 9.95. The van der Waals surface area contributed by atoms with E-state index in [2.05, 4.69) is 10.3 Å². The highest BCUT2D eigenvalue weighted by atomic mass is 35.5. The molecule has 1 aromatic rings. The first-order chi connectivity index (χ1) is 9.58. The Hall–Kier alpha value is -1.66. The maximum Gasteiger partial charge on any atom is 0.307 e. The van der Waals surface area contributed by atoms with Gasteiger partial charge in [0.05, 0.1) is 6.42 Å². The fourth-order valence-corrected chi connectivity index (χ4v) is 2.01. The first-order valence-corrected chi connectivity index (χ1v) is 6.61. The lowest BCUT2D eigenvalue weighted by Crippen LogP contribution is -2.28. The van der Waals surface area contributed by atoms with Gasteiger partial charge in [0.25, 0.3) is 0 Å². The summed E-state index contributed by atoms with van der Waals surface area (Å²) >= 11 is 0. The van der Waals surface area contributed by atoms with Crippen LogP contribution in [0.5, 0.6) is 0 Å². The second kappa shape index (κ2) is 11.0. The molecule has 1 aromatic heterocycles. The summed E-state index contributed by atoms with van der Waals surface area (Å²) in [7, 11) is 0. The van der Waals surface area contributed by atoms with E-state index in [1.807, 2.05) is 0 Å². The Bertz CT molecular complexity index is 422. The van der Waals surface area contributed by atoms with Gasteiger partial charge in [0, 0.05) is 18.8 Å². The molecule has 0 bridgehead atoms. The number of halogens is 1. The van der Waals surface area contributed by atoms with Crippen LogP contribution in [0, 0.1) is 5.92 Å². The summed E-state index contributed by atoms with van der Waals surface area (Å²) in [5, 5.41) is 20.0. The van der Waals surface area contributed by atoms with Crippen molar-refractivity contribution in [2.45, 2.75) is 25.7 Å². The zero-order valence-corrected chi connectivity index (χ0v) is 12.5. The Morgan fingerprint density at radius 2 is 1.71 bits per heavy atom. The fraction of sp³-hybridized carbons (Fsp3) is 0.500. The Labute approximate surface area is 130 Å². The number of pyridine rings is 1. The molecule has 0 spiro atoms. The van der Waals surface area contributed by atoms with Crippen LogP contribution in [0.4, 0.5) is 0 Å². The molecule has 6 nitrogen and oxygen atoms in total. The zero-order valence-electron chi connectivity index (χ0n) is 11.7. The molecule has 3 N–H and O–H groups in total. The van der Waals surface area contributed by atoms with E-state index in [0.717, 1.165) is 31.5 Å². The second-order valence-electron chi connectivity index (χ2n) is 4.72. The average Bonchev–Trinajstić information content (AvgIpc) is 2.40. The molecule has 1 fully saturated rings. The summed E-state index contributed by atoms with van der Waals surface area (Å²) in [5.74, 6) is -1.06. The van der Waals surface area contributed by atoms with Crippen LogP contribution in [0.15, 0.2) is 24.5 Å². The SMILES string of the molecule is Cl.O=C(O)CC1CCNCC1.O=C(O)Cc1ccncc1. The smallest absolute Gasteiger partial charge is 0.307 e. The molecule has 21 heavy (non-hydrogen) atoms. The molecule has 0 amide bonds. The fourth-order valence-electron chi connectivity index (χ4n) is 2.01. The number of aliphatic carboxylic acids is 2. The van der Waals surface area contributed by atoms with Crippen LogP contribution in [0.2, 0.25) is 0 Å². The summed E-state index contributed by atoms with van der Waals surface area (Å²) in [6.45, 7) is 1.97. The van der Waals surface area contributed by atoms with Gasteiger partial charge in [-0.15, -0.1) is 12.4 Å². The predicted molar refractivity (Wildman–Crippen MR) is 80.7 cm³/mol. The summed E-state index contributed by atoms with van der Waals surface area (Å²) in [4.78, 5) is 24.2. The van der Waals surface area contributed by atoms with Crippen molar-refractivity contribution >= 4 is 24.3 Å². The standard InChI is InChI=1S/C7H13NO2.C7H7NO2.ClH/c2*9-7(10)5-6-1-3-8-4-2-6;/h6,8H,1-5H2,(H,9,10);1-4H,5H2,(H,9,10);1H. The van der Waals surface area contributed by atoms with Gasteiger partial charge in [0.2, 0.25) is 0 Å². The monoisotopic (exact) mass is 316 g/mol. The maximum absolute atomic E-state index is 10.2. The van der Waals surface area contributed by atoms with E-state index >= 15 is 0 Å². The molecule has 2 rings (SSSR count). The summed E-state index contributed by atoms with van der Waals surface area (Å²) in [6, 6.07) is 3.38. The number of hydrogen-bond donors (Lipinski definition) is 3. The normalized spacial score (nSPS) is 14.3. The second-order valence-corrected chi connectivity index (χ2v) is 4.72. The van der Waals surface area contributed by atoms with E-state index in [0.29, 0.717) is 12.3 Å². The topological polar surface area (TPSA) is 99.5 Å². The summed E-state index contributed by atoms with van der Waals surface area (Å²) in [6.07, 6.45) is 5.62. The highest BCUT2D eigenvalue weighted by Crippen LogP contribution is 2.14. The molecule has 7 heteroatoms. The number of nitrogens with one attached hydrogen (secondary N) is 1. The molecule has 118 valence electrons. The Balaban J connectivity index is 0.000000364. The van der Waals surface area contributed by atoms with Gasteiger partial charge >= 0.3 is 11.9 Å². The van der Waals surface area contributed by atoms with Gasteiger partial charge in [-0.1, -0.05) is 0 Å². The van der Waals surface area contributed by atoms with Gasteiger partial charge in [-0.2, -0.15) is 0 Å². The van der Waals surface area contributed by atoms with E-state index in [9.17, 15) is 9.59 Å². The van der Waals surface area contributed by atoms with Crippen molar-refractivity contribution in [2.75, 3.05) is 13.1 Å². The molecule has 0 aliphatic carbocycles. The number of hydrogen-bond acceptors (Lipinski definition) is 4. The van der Waals surface area contributed by atoms with Crippen LogP contribution >= 0.6 is 12.4 Å². The van der Waals surface area contributed by atoms with E-state index < -0.39 is 11.9 Å². The number of carboxylic acid groups (broad SMARTS) is 2. The van der Waals surface area contributed by atoms with E-state index in [1.54, 1.807) is 24.5 Å². The average molecular weight is 317 g/mol. The van der Waals surface area contributed by atoms with Crippen LogP contribution in [0.25, 0.3) is 0 Å². The quantitative estimate of drug-likeness (QED) is 0.780. The molecular weight excluding hydrogens is 296 g/mol. The molecule has 0 aromatic carbocycles. The first kappa shape index (κ1) is 19.3. The predicted octanol–water partition coefficient (Wildman–Crippen LogP) is 1.59. The Kier molecular flexibility index (Phi) is 10.2. The first-order valence-electron chi connectivity index (χ1n) is 6.61. The van der Waals surface area contributed by atoms with Gasteiger partial charge in [-0.25, -0.2) is 0 Å². The van der Waals surface area contributed by atoms with Crippen molar-refractivity contribution < 1.29 is 19.8 Å². The van der Waals surface area contributed by atoms with Crippen LogP contribution in [-0.2, 0) is 16.0 Å². The van der Waals surface area contributed by atoms with Crippen molar-refractivity contribution in [1.29, 1.82) is 0 Å². The van der Waals surface area contributed by atoms with Gasteiger partial charge in [0.15, 0.2) is 0 Å². The largest absolute Gasteiger partial charge is 0.481 e. The Morgan fingerprint density at radius 1 is 1.14 bits per heavy atom. The molecule has 0 saturated carbocycles. The summed E-state index contributed by atoms with van der Waals surface area (Å²) in [5.41, 5.74) is 0.780. The van der Waals surface area contributed by atoms with E-state index in [1.165, 1.54) is 0 Å². The lowest BCUT2D eigenvalue weighted by Gasteiger charge is -2.20. The Morgan fingerprint density at radius 3 is 2.19 bits per heavy atom. The van der Waals surface area contributed by atoms with Crippen molar-refractivity contribution in [1.82, 2.24) is 10.3 Å². The molecule has 2 heterocycles. The van der Waals surface area contributed by atoms with Crippen LogP contribution in [-0.4, -0.2) is 40.2 Å². The highest BCUT2D eigenvalue weighted by molar-refractivity contribution is 5.85. The molecule has 1 aliphatic rings. The minimum atomic E-state index is -0.814. The van der Waals surface area contributed by atoms with Crippen LogP contribution in [0.3, 0.4) is 0 Å². The van der Waals surface area contributed by atoms with Crippen molar-refractivity contribution in [3.05, 3.63) is 30.1 Å². The van der Waals surface area contributed by atoms with Gasteiger partial charge < -0.3 is 15.5 Å². The number of carboxylic acids is 2. The molecule has 0 atom stereocenters. The van der Waals surface area contributed by atoms with Gasteiger partial charge in [0.1, 0.15) is 0 Å². The van der Waals surface area contributed by atoms with E-state index in [4.69, 9.17) is 10.2 Å². The third-order valence-electron chi connectivity index (χ3n) is 3.03. The number of aromatic nitrogens is 1. The number of carbonyl (C=O) groups is 2. The number of rotatable bonds is 4. The molecule has 0 radical (unpaired) electrons. The minimum absolute atomic E-state index is 0. The maximum atomic E-state index is 10.2. The minimum Gasteiger partial charge on any atom is -0.481 e. The van der Waals surface area contributed by atoms with Crippen LogP contribution in [0.1, 0.15) is 24.8 Å². The number of nitrogens with zero attached hydrogens (tertiary/aromatic N) is 1. The highest BCUT2D eigenvalue weighted by Gasteiger charge is 2.15. The molecule has 0 unspecified atom stereocenters. The van der Waals surface area contributed by atoms with Crippen molar-refractivity contribution in [2.24, 2.45) is 5.92 Å².